The molecule has 0 saturated heterocycles. The highest BCUT2D eigenvalue weighted by molar-refractivity contribution is 9.09. The summed E-state index contributed by atoms with van der Waals surface area (Å²) < 4.78 is 3.11. The number of thioether (sulfide) groups is 1. The number of halogens is 2. The van der Waals surface area contributed by atoms with E-state index in [1.807, 2.05) is 0 Å². The lowest BCUT2D eigenvalue weighted by molar-refractivity contribution is 0.743. The zero-order chi connectivity index (χ0) is 15.6. The first kappa shape index (κ1) is 16.4. The van der Waals surface area contributed by atoms with Crippen molar-refractivity contribution in [3.63, 3.8) is 0 Å². The van der Waals surface area contributed by atoms with E-state index >= 15 is 0 Å². The van der Waals surface area contributed by atoms with Crippen molar-refractivity contribution in [1.29, 1.82) is 0 Å². The quantitative estimate of drug-likeness (QED) is 0.623. The zero-order valence-electron chi connectivity index (χ0n) is 11.5. The number of imidazole rings is 1. The fraction of sp³-hybridized carbons (Fsp3) is 0.417. The van der Waals surface area contributed by atoms with Gasteiger partial charge in [-0.2, -0.15) is 0 Å². The van der Waals surface area contributed by atoms with Crippen molar-refractivity contribution in [2.75, 3.05) is 11.1 Å². The number of nitrogens with one attached hydrogen (secondary N) is 1. The van der Waals surface area contributed by atoms with Gasteiger partial charge in [0.05, 0.1) is 0 Å². The van der Waals surface area contributed by atoms with Gasteiger partial charge >= 0.3 is 5.69 Å². The minimum atomic E-state index is -0.474. The standard InChI is InChI=1S/C12H14BrClN4O2S/c1-7(14)3-5-18-8-9(15-12(18)21-6-4-13)17(2)11(20)16-10(8)19/h3H,4-6H2,1-2H3,(H,16,19,20)/b7-3-. The number of allylic oxidation sites excluding steroid dienone is 2. The summed E-state index contributed by atoms with van der Waals surface area (Å²) in [6, 6.07) is 0. The van der Waals surface area contributed by atoms with Gasteiger partial charge in [0.15, 0.2) is 16.3 Å². The molecule has 2 rings (SSSR count). The number of alkyl halides is 1. The Morgan fingerprint density at radius 3 is 2.86 bits per heavy atom. The molecule has 0 aromatic carbocycles. The molecular formula is C12H14BrClN4O2S. The number of hydrogen-bond acceptors (Lipinski definition) is 4. The number of aryl methyl sites for hydroxylation is 1. The lowest BCUT2D eigenvalue weighted by Crippen LogP contribution is -2.29. The lowest BCUT2D eigenvalue weighted by atomic mass is 10.4. The molecule has 0 saturated carbocycles. The van der Waals surface area contributed by atoms with E-state index < -0.39 is 11.2 Å². The van der Waals surface area contributed by atoms with Gasteiger partial charge in [0, 0.05) is 29.7 Å². The molecule has 6 nitrogen and oxygen atoms in total. The minimum Gasteiger partial charge on any atom is -0.309 e. The Morgan fingerprint density at radius 2 is 2.24 bits per heavy atom. The lowest BCUT2D eigenvalue weighted by Gasteiger charge is -2.05. The second kappa shape index (κ2) is 6.85. The highest BCUT2D eigenvalue weighted by atomic mass is 79.9. The number of H-pyrrole nitrogens is 1. The van der Waals surface area contributed by atoms with Gasteiger partial charge in [0.2, 0.25) is 0 Å². The van der Waals surface area contributed by atoms with Crippen molar-refractivity contribution in [2.45, 2.75) is 18.6 Å². The Bertz CT molecular complexity index is 804. The Hall–Kier alpha value is -0.990. The average Bonchev–Trinajstić information content (AvgIpc) is 2.79. The first-order valence-corrected chi connectivity index (χ1v) is 8.64. The molecule has 9 heteroatoms. The van der Waals surface area contributed by atoms with Gasteiger partial charge in [-0.1, -0.05) is 45.4 Å². The molecule has 114 valence electrons. The van der Waals surface area contributed by atoms with Gasteiger partial charge in [0.25, 0.3) is 5.56 Å². The number of aromatic nitrogens is 4. The predicted molar refractivity (Wildman–Crippen MR) is 89.7 cm³/mol. The van der Waals surface area contributed by atoms with Crippen molar-refractivity contribution < 1.29 is 0 Å². The Balaban J connectivity index is 2.70. The van der Waals surface area contributed by atoms with E-state index in [4.69, 9.17) is 11.6 Å². The molecule has 21 heavy (non-hydrogen) atoms. The number of aromatic amines is 1. The predicted octanol–water partition coefficient (Wildman–Crippen LogP) is 2.05. The van der Waals surface area contributed by atoms with Crippen molar-refractivity contribution in [2.24, 2.45) is 7.05 Å². The Labute approximate surface area is 138 Å². The van der Waals surface area contributed by atoms with Crippen LogP contribution in [0.25, 0.3) is 11.2 Å². The molecule has 0 aliphatic carbocycles. The summed E-state index contributed by atoms with van der Waals surface area (Å²) in [6.45, 7) is 2.20. The van der Waals surface area contributed by atoms with Crippen molar-refractivity contribution in [3.05, 3.63) is 31.9 Å². The summed E-state index contributed by atoms with van der Waals surface area (Å²) >= 11 is 10.7. The van der Waals surface area contributed by atoms with Crippen LogP contribution in [0.1, 0.15) is 6.92 Å². The molecule has 0 amide bonds. The second-order valence-electron chi connectivity index (χ2n) is 4.32. The SMILES string of the molecule is C/C(Cl)=C/Cn1c(SCCBr)nc2c1c(=O)[nH]c(=O)n2C. The van der Waals surface area contributed by atoms with E-state index in [1.165, 1.54) is 16.3 Å². The number of hydrogen-bond donors (Lipinski definition) is 1. The van der Waals surface area contributed by atoms with Crippen LogP contribution in [0.15, 0.2) is 25.9 Å². The van der Waals surface area contributed by atoms with Crippen LogP contribution >= 0.6 is 39.3 Å². The topological polar surface area (TPSA) is 72.7 Å². The van der Waals surface area contributed by atoms with Gasteiger partial charge in [-0.25, -0.2) is 9.78 Å². The summed E-state index contributed by atoms with van der Waals surface area (Å²) in [6.07, 6.45) is 1.80. The molecule has 2 aromatic heterocycles. The van der Waals surface area contributed by atoms with Gasteiger partial charge in [-0.05, 0) is 6.92 Å². The summed E-state index contributed by atoms with van der Waals surface area (Å²) in [5, 5.41) is 2.13. The van der Waals surface area contributed by atoms with Crippen molar-refractivity contribution in [1.82, 2.24) is 19.1 Å². The third-order valence-electron chi connectivity index (χ3n) is 2.84. The van der Waals surface area contributed by atoms with Crippen LogP contribution < -0.4 is 11.2 Å². The monoisotopic (exact) mass is 392 g/mol. The summed E-state index contributed by atoms with van der Waals surface area (Å²) in [5.41, 5.74) is -0.157. The Morgan fingerprint density at radius 1 is 1.52 bits per heavy atom. The number of rotatable bonds is 5. The minimum absolute atomic E-state index is 0.376. The first-order chi connectivity index (χ1) is 9.95. The zero-order valence-corrected chi connectivity index (χ0v) is 14.7. The maximum absolute atomic E-state index is 12.1. The molecule has 2 heterocycles. The molecule has 0 radical (unpaired) electrons. The summed E-state index contributed by atoms with van der Waals surface area (Å²) in [5.74, 6) is 0.804. The molecule has 0 aliphatic rings. The van der Waals surface area contributed by atoms with Crippen molar-refractivity contribution in [3.8, 4) is 0 Å². The summed E-state index contributed by atoms with van der Waals surface area (Å²) in [7, 11) is 1.58. The molecule has 0 bridgehead atoms. The fourth-order valence-corrected chi connectivity index (χ4v) is 3.13. The summed E-state index contributed by atoms with van der Waals surface area (Å²) in [4.78, 5) is 30.5. The molecule has 0 aliphatic heterocycles. The molecule has 0 atom stereocenters. The van der Waals surface area contributed by atoms with Crippen LogP contribution in [-0.2, 0) is 13.6 Å². The Kier molecular flexibility index (Phi) is 5.34. The van der Waals surface area contributed by atoms with Crippen LogP contribution in [-0.4, -0.2) is 30.2 Å². The molecule has 0 fully saturated rings. The van der Waals surface area contributed by atoms with E-state index in [-0.39, 0.29) is 0 Å². The maximum Gasteiger partial charge on any atom is 0.329 e. The first-order valence-electron chi connectivity index (χ1n) is 6.16. The molecular weight excluding hydrogens is 380 g/mol. The van der Waals surface area contributed by atoms with Crippen LogP contribution in [0.4, 0.5) is 0 Å². The fourth-order valence-electron chi connectivity index (χ4n) is 1.84. The van der Waals surface area contributed by atoms with Gasteiger partial charge in [-0.15, -0.1) is 0 Å². The van der Waals surface area contributed by atoms with Crippen LogP contribution in [0.2, 0.25) is 0 Å². The average molecular weight is 394 g/mol. The third-order valence-corrected chi connectivity index (χ3v) is 4.89. The largest absolute Gasteiger partial charge is 0.329 e. The molecule has 2 aromatic rings. The highest BCUT2D eigenvalue weighted by Gasteiger charge is 2.16. The number of fused-ring (bicyclic) bond motifs is 1. The third kappa shape index (κ3) is 3.44. The molecule has 1 N–H and O–H groups in total. The maximum atomic E-state index is 12.1. The van der Waals surface area contributed by atoms with E-state index in [9.17, 15) is 9.59 Å². The molecule has 0 unspecified atom stereocenters. The van der Waals surface area contributed by atoms with Crippen LogP contribution in [0.5, 0.6) is 0 Å². The van der Waals surface area contributed by atoms with Gasteiger partial charge < -0.3 is 4.57 Å². The normalized spacial score (nSPS) is 12.3. The highest BCUT2D eigenvalue weighted by Crippen LogP contribution is 2.22. The van der Waals surface area contributed by atoms with E-state index in [2.05, 4.69) is 25.9 Å². The van der Waals surface area contributed by atoms with E-state index in [0.717, 1.165) is 11.1 Å². The van der Waals surface area contributed by atoms with Gasteiger partial charge in [-0.3, -0.25) is 14.3 Å². The molecule has 0 spiro atoms. The van der Waals surface area contributed by atoms with Crippen LogP contribution in [0, 0.1) is 0 Å². The second-order valence-corrected chi connectivity index (χ2v) is 6.78. The van der Waals surface area contributed by atoms with E-state index in [1.54, 1.807) is 24.6 Å². The van der Waals surface area contributed by atoms with Gasteiger partial charge in [0.1, 0.15) is 0 Å². The number of nitrogens with zero attached hydrogens (tertiary/aromatic N) is 3. The van der Waals surface area contributed by atoms with E-state index in [0.29, 0.717) is 27.9 Å². The van der Waals surface area contributed by atoms with Crippen molar-refractivity contribution >= 4 is 50.5 Å². The smallest absolute Gasteiger partial charge is 0.309 e. The van der Waals surface area contributed by atoms with Crippen LogP contribution in [0.3, 0.4) is 0 Å².